The molecule has 1 aromatic heterocycles. The van der Waals surface area contributed by atoms with Crippen LogP contribution < -0.4 is 5.56 Å². The summed E-state index contributed by atoms with van der Waals surface area (Å²) in [6.07, 6.45) is 2.36. The number of likely N-dealkylation sites (tertiary alicyclic amines) is 1. The van der Waals surface area contributed by atoms with Crippen molar-refractivity contribution in [2.24, 2.45) is 7.05 Å². The standard InChI is InChI=1S/C24H26N2O2/c1-25-21-9-5-3-7-18(21)14-19(23(25)28)16-26-12-10-24(11-13-26)20-8-4-2-6-17(20)15-22(24)27/h2-9,14,22,27H,10-13,15-16H2,1H3. The smallest absolute Gasteiger partial charge is 0.255 e. The van der Waals surface area contributed by atoms with Gasteiger partial charge < -0.3 is 9.67 Å². The van der Waals surface area contributed by atoms with Crippen LogP contribution in [0.2, 0.25) is 0 Å². The molecule has 28 heavy (non-hydrogen) atoms. The number of fused-ring (bicyclic) bond motifs is 3. The van der Waals surface area contributed by atoms with Crippen molar-refractivity contribution in [3.05, 3.63) is 81.6 Å². The molecule has 0 bridgehead atoms. The lowest BCUT2D eigenvalue weighted by molar-refractivity contribution is 0.0412. The summed E-state index contributed by atoms with van der Waals surface area (Å²) in [7, 11) is 1.85. The fraction of sp³-hybridized carbons (Fsp3) is 0.375. The van der Waals surface area contributed by atoms with Crippen molar-refractivity contribution in [1.29, 1.82) is 0 Å². The zero-order valence-corrected chi connectivity index (χ0v) is 16.3. The number of hydrogen-bond acceptors (Lipinski definition) is 3. The number of nitrogens with zero attached hydrogens (tertiary/aromatic N) is 2. The fourth-order valence-electron chi connectivity index (χ4n) is 5.32. The first-order chi connectivity index (χ1) is 13.6. The highest BCUT2D eigenvalue weighted by Crippen LogP contribution is 2.46. The van der Waals surface area contributed by atoms with Gasteiger partial charge in [0.05, 0.1) is 11.6 Å². The molecule has 0 saturated carbocycles. The van der Waals surface area contributed by atoms with Gasteiger partial charge in [-0.25, -0.2) is 0 Å². The third kappa shape index (κ3) is 2.63. The second-order valence-corrected chi connectivity index (χ2v) is 8.40. The van der Waals surface area contributed by atoms with Crippen LogP contribution >= 0.6 is 0 Å². The second-order valence-electron chi connectivity index (χ2n) is 8.40. The molecule has 0 amide bonds. The van der Waals surface area contributed by atoms with E-state index < -0.39 is 0 Å². The first-order valence-electron chi connectivity index (χ1n) is 10.1. The van der Waals surface area contributed by atoms with Crippen molar-refractivity contribution < 1.29 is 5.11 Å². The van der Waals surface area contributed by atoms with E-state index in [2.05, 4.69) is 35.2 Å². The number of aliphatic hydroxyl groups excluding tert-OH is 1. The van der Waals surface area contributed by atoms with Crippen molar-refractivity contribution in [3.8, 4) is 0 Å². The lowest BCUT2D eigenvalue weighted by atomic mass is 9.72. The Kier molecular flexibility index (Phi) is 4.14. The summed E-state index contributed by atoms with van der Waals surface area (Å²) in [6, 6.07) is 18.6. The summed E-state index contributed by atoms with van der Waals surface area (Å²) in [5.41, 5.74) is 4.44. The highest BCUT2D eigenvalue weighted by atomic mass is 16.3. The van der Waals surface area contributed by atoms with Crippen LogP contribution in [-0.4, -0.2) is 33.8 Å². The molecule has 4 nitrogen and oxygen atoms in total. The number of rotatable bonds is 2. The number of pyridine rings is 1. The maximum Gasteiger partial charge on any atom is 0.255 e. The predicted molar refractivity (Wildman–Crippen MR) is 112 cm³/mol. The molecule has 5 rings (SSSR count). The van der Waals surface area contributed by atoms with Gasteiger partial charge in [0.25, 0.3) is 5.56 Å². The van der Waals surface area contributed by atoms with Gasteiger partial charge in [0.1, 0.15) is 0 Å². The van der Waals surface area contributed by atoms with E-state index in [4.69, 9.17) is 0 Å². The summed E-state index contributed by atoms with van der Waals surface area (Å²) in [5.74, 6) is 0. The number of benzene rings is 2. The minimum Gasteiger partial charge on any atom is -0.392 e. The molecule has 2 aliphatic rings. The van der Waals surface area contributed by atoms with E-state index in [9.17, 15) is 9.90 Å². The van der Waals surface area contributed by atoms with Crippen molar-refractivity contribution in [3.63, 3.8) is 0 Å². The molecule has 1 atom stereocenters. The van der Waals surface area contributed by atoms with Gasteiger partial charge in [0.2, 0.25) is 0 Å². The van der Waals surface area contributed by atoms with Crippen LogP contribution in [0, 0.1) is 0 Å². The average Bonchev–Trinajstić information content (AvgIpc) is 2.99. The molecule has 1 spiro atoms. The van der Waals surface area contributed by atoms with E-state index in [1.807, 2.05) is 31.3 Å². The molecule has 1 fully saturated rings. The van der Waals surface area contributed by atoms with Crippen LogP contribution in [0.4, 0.5) is 0 Å². The second kappa shape index (κ2) is 6.57. The Labute approximate surface area is 165 Å². The Bertz CT molecular complexity index is 1090. The van der Waals surface area contributed by atoms with Crippen molar-refractivity contribution >= 4 is 10.9 Å². The number of aryl methyl sites for hydroxylation is 1. The lowest BCUT2D eigenvalue weighted by Gasteiger charge is -2.42. The average molecular weight is 374 g/mol. The van der Waals surface area contributed by atoms with Crippen LogP contribution in [0.3, 0.4) is 0 Å². The van der Waals surface area contributed by atoms with Crippen LogP contribution in [0.5, 0.6) is 0 Å². The van der Waals surface area contributed by atoms with Crippen LogP contribution in [0.15, 0.2) is 59.4 Å². The highest BCUT2D eigenvalue weighted by molar-refractivity contribution is 5.79. The lowest BCUT2D eigenvalue weighted by Crippen LogP contribution is -2.47. The van der Waals surface area contributed by atoms with E-state index in [-0.39, 0.29) is 17.1 Å². The number of aromatic nitrogens is 1. The Morgan fingerprint density at radius 1 is 1.07 bits per heavy atom. The molecule has 1 N–H and O–H groups in total. The minimum absolute atomic E-state index is 0.0882. The van der Waals surface area contributed by atoms with E-state index in [1.54, 1.807) is 4.57 Å². The normalized spacial score (nSPS) is 21.3. The van der Waals surface area contributed by atoms with Gasteiger partial charge in [0.15, 0.2) is 0 Å². The fourth-order valence-corrected chi connectivity index (χ4v) is 5.32. The summed E-state index contributed by atoms with van der Waals surface area (Å²) in [6.45, 7) is 2.48. The van der Waals surface area contributed by atoms with Crippen molar-refractivity contribution in [2.45, 2.75) is 37.3 Å². The summed E-state index contributed by atoms with van der Waals surface area (Å²) >= 11 is 0. The molecule has 1 saturated heterocycles. The molecule has 3 aromatic rings. The van der Waals surface area contributed by atoms with E-state index >= 15 is 0 Å². The number of aliphatic hydroxyl groups is 1. The minimum atomic E-state index is -0.291. The monoisotopic (exact) mass is 374 g/mol. The van der Waals surface area contributed by atoms with E-state index in [1.165, 1.54) is 11.1 Å². The molecule has 2 aromatic carbocycles. The van der Waals surface area contributed by atoms with Gasteiger partial charge in [-0.2, -0.15) is 0 Å². The van der Waals surface area contributed by atoms with Gasteiger partial charge >= 0.3 is 0 Å². The quantitative estimate of drug-likeness (QED) is 0.750. The van der Waals surface area contributed by atoms with Crippen LogP contribution in [0.1, 0.15) is 29.5 Å². The Balaban J connectivity index is 1.38. The first-order valence-corrected chi connectivity index (χ1v) is 10.1. The molecule has 1 aliphatic carbocycles. The molecular weight excluding hydrogens is 348 g/mol. The third-order valence-electron chi connectivity index (χ3n) is 6.95. The Hall–Kier alpha value is -2.43. The predicted octanol–water partition coefficient (Wildman–Crippen LogP) is 2.99. The van der Waals surface area contributed by atoms with Gasteiger partial charge in [-0.15, -0.1) is 0 Å². The first kappa shape index (κ1) is 17.7. The molecule has 1 aliphatic heterocycles. The van der Waals surface area contributed by atoms with Crippen molar-refractivity contribution in [2.75, 3.05) is 13.1 Å². The zero-order valence-electron chi connectivity index (χ0n) is 16.3. The topological polar surface area (TPSA) is 45.5 Å². The van der Waals surface area contributed by atoms with Gasteiger partial charge in [0, 0.05) is 24.6 Å². The van der Waals surface area contributed by atoms with Crippen LogP contribution in [-0.2, 0) is 25.4 Å². The Morgan fingerprint density at radius 3 is 2.61 bits per heavy atom. The molecule has 144 valence electrons. The maximum atomic E-state index is 12.8. The number of para-hydroxylation sites is 1. The number of hydrogen-bond donors (Lipinski definition) is 1. The summed E-state index contributed by atoms with van der Waals surface area (Å²) in [5, 5.41) is 11.9. The highest BCUT2D eigenvalue weighted by Gasteiger charge is 2.47. The molecular formula is C24H26N2O2. The summed E-state index contributed by atoms with van der Waals surface area (Å²) in [4.78, 5) is 15.2. The molecule has 0 radical (unpaired) electrons. The van der Waals surface area contributed by atoms with Gasteiger partial charge in [-0.05, 0) is 61.0 Å². The molecule has 4 heteroatoms. The van der Waals surface area contributed by atoms with E-state index in [0.717, 1.165) is 48.8 Å². The SMILES string of the molecule is Cn1c(=O)c(CN2CCC3(CC2)c2ccccc2CC3O)cc2ccccc21. The summed E-state index contributed by atoms with van der Waals surface area (Å²) < 4.78 is 1.76. The molecule has 2 heterocycles. The maximum absolute atomic E-state index is 12.8. The molecule has 1 unspecified atom stereocenters. The van der Waals surface area contributed by atoms with Gasteiger partial charge in [-0.1, -0.05) is 42.5 Å². The third-order valence-corrected chi connectivity index (χ3v) is 6.95. The van der Waals surface area contributed by atoms with E-state index in [0.29, 0.717) is 6.54 Å². The van der Waals surface area contributed by atoms with Crippen molar-refractivity contribution in [1.82, 2.24) is 9.47 Å². The number of piperidine rings is 1. The Morgan fingerprint density at radius 2 is 1.79 bits per heavy atom. The zero-order chi connectivity index (χ0) is 19.3. The van der Waals surface area contributed by atoms with Crippen LogP contribution in [0.25, 0.3) is 10.9 Å². The van der Waals surface area contributed by atoms with Gasteiger partial charge in [-0.3, -0.25) is 9.69 Å². The largest absolute Gasteiger partial charge is 0.392 e.